The van der Waals surface area contributed by atoms with Crippen molar-refractivity contribution in [1.82, 2.24) is 9.03 Å². The molecule has 1 aliphatic rings. The largest absolute Gasteiger partial charge is 0.393 e. The third-order valence-electron chi connectivity index (χ3n) is 3.19. The minimum atomic E-state index is -3.36. The van der Waals surface area contributed by atoms with Crippen molar-refractivity contribution in [3.8, 4) is 0 Å². The van der Waals surface area contributed by atoms with E-state index in [0.29, 0.717) is 19.6 Å². The zero-order valence-electron chi connectivity index (χ0n) is 10.0. The second-order valence-corrected chi connectivity index (χ2v) is 5.95. The number of aliphatic hydroxyl groups excluding tert-OH is 1. The molecule has 0 spiro atoms. The van der Waals surface area contributed by atoms with Crippen LogP contribution in [0.5, 0.6) is 0 Å². The molecule has 0 heterocycles. The number of rotatable bonds is 6. The zero-order valence-corrected chi connectivity index (χ0v) is 10.8. The van der Waals surface area contributed by atoms with Crippen LogP contribution in [0.4, 0.5) is 0 Å². The number of nitrogens with one attached hydrogen (secondary N) is 1. The molecule has 0 saturated heterocycles. The standard InChI is InChI=1S/C10H22N2O3S/c1-3-12(4-2)16(14,15)11-8-9-6-5-7-10(9)13/h9-11,13H,3-8H2,1-2H3. The van der Waals surface area contributed by atoms with Gasteiger partial charge in [-0.3, -0.25) is 0 Å². The van der Waals surface area contributed by atoms with Crippen LogP contribution in [-0.2, 0) is 10.2 Å². The van der Waals surface area contributed by atoms with Crippen LogP contribution in [0.1, 0.15) is 33.1 Å². The average Bonchev–Trinajstić information content (AvgIpc) is 2.62. The van der Waals surface area contributed by atoms with E-state index in [1.165, 1.54) is 4.31 Å². The maximum atomic E-state index is 11.8. The molecule has 0 aromatic carbocycles. The smallest absolute Gasteiger partial charge is 0.279 e. The van der Waals surface area contributed by atoms with Gasteiger partial charge in [0.25, 0.3) is 10.2 Å². The molecule has 0 bridgehead atoms. The highest BCUT2D eigenvalue weighted by Gasteiger charge is 2.27. The molecule has 0 aromatic heterocycles. The molecule has 1 aliphatic carbocycles. The van der Waals surface area contributed by atoms with E-state index in [2.05, 4.69) is 4.72 Å². The quantitative estimate of drug-likeness (QED) is 0.713. The van der Waals surface area contributed by atoms with Gasteiger partial charge in [-0.15, -0.1) is 0 Å². The fourth-order valence-electron chi connectivity index (χ4n) is 2.12. The molecule has 0 radical (unpaired) electrons. The van der Waals surface area contributed by atoms with Crippen molar-refractivity contribution >= 4 is 10.2 Å². The summed E-state index contributed by atoms with van der Waals surface area (Å²) in [6.45, 7) is 4.92. The summed E-state index contributed by atoms with van der Waals surface area (Å²) in [6, 6.07) is 0. The Morgan fingerprint density at radius 2 is 1.94 bits per heavy atom. The number of hydrogen-bond donors (Lipinski definition) is 2. The van der Waals surface area contributed by atoms with E-state index in [-0.39, 0.29) is 12.0 Å². The first kappa shape index (κ1) is 13.9. The van der Waals surface area contributed by atoms with Gasteiger partial charge in [-0.25, -0.2) is 4.72 Å². The van der Waals surface area contributed by atoms with Crippen LogP contribution < -0.4 is 4.72 Å². The summed E-state index contributed by atoms with van der Waals surface area (Å²) in [6.07, 6.45) is 2.33. The van der Waals surface area contributed by atoms with Crippen molar-refractivity contribution in [2.75, 3.05) is 19.6 Å². The maximum Gasteiger partial charge on any atom is 0.279 e. The maximum absolute atomic E-state index is 11.8. The molecule has 2 N–H and O–H groups in total. The van der Waals surface area contributed by atoms with Gasteiger partial charge in [0.1, 0.15) is 0 Å². The van der Waals surface area contributed by atoms with Gasteiger partial charge >= 0.3 is 0 Å². The van der Waals surface area contributed by atoms with Gasteiger partial charge in [0.2, 0.25) is 0 Å². The summed E-state index contributed by atoms with van der Waals surface area (Å²) in [5.41, 5.74) is 0. The lowest BCUT2D eigenvalue weighted by molar-refractivity contribution is 0.134. The Balaban J connectivity index is 2.47. The van der Waals surface area contributed by atoms with E-state index in [1.807, 2.05) is 13.8 Å². The van der Waals surface area contributed by atoms with Crippen molar-refractivity contribution in [2.45, 2.75) is 39.2 Å². The van der Waals surface area contributed by atoms with Crippen molar-refractivity contribution in [3.05, 3.63) is 0 Å². The van der Waals surface area contributed by atoms with Crippen LogP contribution in [0, 0.1) is 5.92 Å². The first-order chi connectivity index (χ1) is 7.51. The lowest BCUT2D eigenvalue weighted by Gasteiger charge is -2.21. The SMILES string of the molecule is CCN(CC)S(=O)(=O)NCC1CCCC1O. The van der Waals surface area contributed by atoms with Crippen LogP contribution in [0.2, 0.25) is 0 Å². The monoisotopic (exact) mass is 250 g/mol. The highest BCUT2D eigenvalue weighted by atomic mass is 32.2. The highest BCUT2D eigenvalue weighted by molar-refractivity contribution is 7.87. The minimum absolute atomic E-state index is 0.0744. The molecule has 2 unspecified atom stereocenters. The number of hydrogen-bond acceptors (Lipinski definition) is 3. The molecular weight excluding hydrogens is 228 g/mol. The van der Waals surface area contributed by atoms with E-state index >= 15 is 0 Å². The summed E-state index contributed by atoms with van der Waals surface area (Å²) in [5, 5.41) is 9.59. The van der Waals surface area contributed by atoms with Gasteiger partial charge in [-0.05, 0) is 18.8 Å². The summed E-state index contributed by atoms with van der Waals surface area (Å²) < 4.78 is 27.5. The molecule has 16 heavy (non-hydrogen) atoms. The van der Waals surface area contributed by atoms with E-state index in [9.17, 15) is 13.5 Å². The second-order valence-electron chi connectivity index (χ2n) is 4.20. The van der Waals surface area contributed by atoms with Gasteiger partial charge in [-0.2, -0.15) is 12.7 Å². The first-order valence-corrected chi connectivity index (χ1v) is 7.38. The summed E-state index contributed by atoms with van der Waals surface area (Å²) in [5.74, 6) is 0.0744. The predicted octanol–water partition coefficient (Wildman–Crippen LogP) is 0.324. The van der Waals surface area contributed by atoms with Gasteiger partial charge in [-0.1, -0.05) is 20.3 Å². The van der Waals surface area contributed by atoms with Crippen molar-refractivity contribution in [3.63, 3.8) is 0 Å². The topological polar surface area (TPSA) is 69.6 Å². The predicted molar refractivity (Wildman–Crippen MR) is 63.2 cm³/mol. The van der Waals surface area contributed by atoms with Crippen molar-refractivity contribution in [2.24, 2.45) is 5.92 Å². The molecule has 0 amide bonds. The molecule has 6 heteroatoms. The van der Waals surface area contributed by atoms with Gasteiger partial charge < -0.3 is 5.11 Å². The number of aliphatic hydroxyl groups is 1. The van der Waals surface area contributed by atoms with Crippen LogP contribution in [0.25, 0.3) is 0 Å². The van der Waals surface area contributed by atoms with Crippen LogP contribution >= 0.6 is 0 Å². The molecule has 5 nitrogen and oxygen atoms in total. The molecule has 96 valence electrons. The van der Waals surface area contributed by atoms with E-state index < -0.39 is 10.2 Å². The average molecular weight is 250 g/mol. The zero-order chi connectivity index (χ0) is 12.2. The highest BCUT2D eigenvalue weighted by Crippen LogP contribution is 2.24. The Kier molecular flexibility index (Phi) is 5.17. The third-order valence-corrected chi connectivity index (χ3v) is 4.92. The third kappa shape index (κ3) is 3.41. The van der Waals surface area contributed by atoms with Crippen molar-refractivity contribution < 1.29 is 13.5 Å². The Morgan fingerprint density at radius 1 is 1.31 bits per heavy atom. The van der Waals surface area contributed by atoms with Crippen molar-refractivity contribution in [1.29, 1.82) is 0 Å². The molecule has 1 fully saturated rings. The number of nitrogens with zero attached hydrogens (tertiary/aromatic N) is 1. The fourth-order valence-corrected chi connectivity index (χ4v) is 3.41. The van der Waals surface area contributed by atoms with E-state index in [4.69, 9.17) is 0 Å². The minimum Gasteiger partial charge on any atom is -0.393 e. The summed E-state index contributed by atoms with van der Waals surface area (Å²) in [4.78, 5) is 0. The lowest BCUT2D eigenvalue weighted by Crippen LogP contribution is -2.43. The van der Waals surface area contributed by atoms with Gasteiger partial charge in [0, 0.05) is 19.6 Å². The van der Waals surface area contributed by atoms with E-state index in [1.54, 1.807) is 0 Å². The summed E-state index contributed by atoms with van der Waals surface area (Å²) in [7, 11) is -3.36. The molecule has 0 aliphatic heterocycles. The van der Waals surface area contributed by atoms with Crippen LogP contribution in [0.15, 0.2) is 0 Å². The van der Waals surface area contributed by atoms with Crippen LogP contribution in [-0.4, -0.2) is 43.6 Å². The van der Waals surface area contributed by atoms with Gasteiger partial charge in [0.05, 0.1) is 6.10 Å². The Labute approximate surface area is 98.0 Å². The molecule has 1 saturated carbocycles. The fraction of sp³-hybridized carbons (Fsp3) is 1.00. The van der Waals surface area contributed by atoms with E-state index in [0.717, 1.165) is 19.3 Å². The lowest BCUT2D eigenvalue weighted by atomic mass is 10.1. The molecule has 0 aromatic rings. The molecule has 1 rings (SSSR count). The second kappa shape index (κ2) is 5.95. The Morgan fingerprint density at radius 3 is 2.38 bits per heavy atom. The van der Waals surface area contributed by atoms with Gasteiger partial charge in [0.15, 0.2) is 0 Å². The summed E-state index contributed by atoms with van der Waals surface area (Å²) >= 11 is 0. The molecular formula is C10H22N2O3S. The Bertz CT molecular complexity index is 301. The first-order valence-electron chi connectivity index (χ1n) is 5.94. The molecule has 2 atom stereocenters. The normalized spacial score (nSPS) is 26.5. The van der Waals surface area contributed by atoms with Crippen LogP contribution in [0.3, 0.4) is 0 Å². The Hall–Kier alpha value is -0.170.